The molecule has 0 aliphatic carbocycles. The van der Waals surface area contributed by atoms with Gasteiger partial charge >= 0.3 is 0 Å². The van der Waals surface area contributed by atoms with Gasteiger partial charge < -0.3 is 10.1 Å². The number of methoxy groups -OCH3 is 1. The third-order valence-electron chi connectivity index (χ3n) is 3.03. The van der Waals surface area contributed by atoms with Crippen molar-refractivity contribution in [2.75, 3.05) is 7.11 Å². The summed E-state index contributed by atoms with van der Waals surface area (Å²) in [6.45, 7) is -0.0580. The monoisotopic (exact) mass is 291 g/mol. The Morgan fingerprint density at radius 1 is 1.14 bits per heavy atom. The molecule has 0 bridgehead atoms. The van der Waals surface area contributed by atoms with Crippen LogP contribution in [0.2, 0.25) is 0 Å². The van der Waals surface area contributed by atoms with E-state index in [-0.39, 0.29) is 24.4 Å². The summed E-state index contributed by atoms with van der Waals surface area (Å²) >= 11 is 0. The largest absolute Gasteiger partial charge is 0.496 e. The Hall–Kier alpha value is -2.43. The molecular weight excluding hydrogens is 276 g/mol. The van der Waals surface area contributed by atoms with Gasteiger partial charge in [-0.2, -0.15) is 0 Å². The predicted molar refractivity (Wildman–Crippen MR) is 74.9 cm³/mol. The van der Waals surface area contributed by atoms with E-state index in [0.717, 1.165) is 23.8 Å². The number of benzene rings is 2. The summed E-state index contributed by atoms with van der Waals surface area (Å²) in [6, 6.07) is 10.3. The number of ether oxygens (including phenoxy) is 1. The summed E-state index contributed by atoms with van der Waals surface area (Å²) in [5.74, 6) is -0.757. The van der Waals surface area contributed by atoms with Crippen molar-refractivity contribution in [2.45, 2.75) is 13.0 Å². The average molecular weight is 291 g/mol. The van der Waals surface area contributed by atoms with Gasteiger partial charge in [-0.25, -0.2) is 8.78 Å². The predicted octanol–water partition coefficient (Wildman–Crippen LogP) is 2.83. The molecule has 110 valence electrons. The van der Waals surface area contributed by atoms with E-state index >= 15 is 0 Å². The molecule has 2 aromatic carbocycles. The normalized spacial score (nSPS) is 10.2. The van der Waals surface area contributed by atoms with Crippen molar-refractivity contribution in [3.8, 4) is 5.75 Å². The van der Waals surface area contributed by atoms with Crippen molar-refractivity contribution in [3.63, 3.8) is 0 Å². The number of halogens is 2. The molecule has 2 rings (SSSR count). The van der Waals surface area contributed by atoms with Crippen LogP contribution >= 0.6 is 0 Å². The fourth-order valence-electron chi connectivity index (χ4n) is 1.96. The van der Waals surface area contributed by atoms with Gasteiger partial charge in [0, 0.05) is 17.7 Å². The average Bonchev–Trinajstić information content (AvgIpc) is 2.49. The molecule has 5 heteroatoms. The lowest BCUT2D eigenvalue weighted by Crippen LogP contribution is -2.25. The van der Waals surface area contributed by atoms with Crippen LogP contribution in [0.15, 0.2) is 42.5 Å². The zero-order chi connectivity index (χ0) is 15.2. The van der Waals surface area contributed by atoms with Crippen molar-refractivity contribution in [1.82, 2.24) is 5.32 Å². The molecule has 2 aromatic rings. The molecule has 0 atom stereocenters. The van der Waals surface area contributed by atoms with Crippen LogP contribution in [0.5, 0.6) is 5.75 Å². The van der Waals surface area contributed by atoms with Gasteiger partial charge in [0.25, 0.3) is 0 Å². The van der Waals surface area contributed by atoms with Gasteiger partial charge in [-0.15, -0.1) is 0 Å². The zero-order valence-electron chi connectivity index (χ0n) is 11.5. The highest BCUT2D eigenvalue weighted by atomic mass is 19.1. The fourth-order valence-corrected chi connectivity index (χ4v) is 1.96. The lowest BCUT2D eigenvalue weighted by Gasteiger charge is -2.09. The molecule has 1 N–H and O–H groups in total. The van der Waals surface area contributed by atoms with Crippen molar-refractivity contribution in [1.29, 1.82) is 0 Å². The summed E-state index contributed by atoms with van der Waals surface area (Å²) in [6.07, 6.45) is 0.112. The molecule has 21 heavy (non-hydrogen) atoms. The Balaban J connectivity index is 1.97. The van der Waals surface area contributed by atoms with Gasteiger partial charge in [-0.1, -0.05) is 18.2 Å². The Labute approximate surface area is 121 Å². The minimum Gasteiger partial charge on any atom is -0.496 e. The van der Waals surface area contributed by atoms with Crippen LogP contribution in [0.25, 0.3) is 0 Å². The summed E-state index contributed by atoms with van der Waals surface area (Å²) < 4.78 is 31.6. The van der Waals surface area contributed by atoms with Crippen molar-refractivity contribution in [3.05, 3.63) is 65.2 Å². The van der Waals surface area contributed by atoms with Crippen LogP contribution < -0.4 is 10.1 Å². The smallest absolute Gasteiger partial charge is 0.224 e. The molecule has 0 unspecified atom stereocenters. The number of para-hydroxylation sites is 1. The van der Waals surface area contributed by atoms with Crippen LogP contribution in [0.4, 0.5) is 8.78 Å². The topological polar surface area (TPSA) is 38.3 Å². The first kappa shape index (κ1) is 15.0. The number of nitrogens with one attached hydrogen (secondary N) is 1. The van der Waals surface area contributed by atoms with Crippen LogP contribution in [0, 0.1) is 11.6 Å². The Morgan fingerprint density at radius 2 is 1.90 bits per heavy atom. The Kier molecular flexibility index (Phi) is 4.87. The van der Waals surface area contributed by atoms with Gasteiger partial charge in [-0.3, -0.25) is 4.79 Å². The van der Waals surface area contributed by atoms with Gasteiger partial charge in [-0.05, 0) is 24.3 Å². The van der Waals surface area contributed by atoms with Crippen molar-refractivity contribution < 1.29 is 18.3 Å². The number of hydrogen-bond donors (Lipinski definition) is 1. The molecule has 1 amide bonds. The van der Waals surface area contributed by atoms with Gasteiger partial charge in [0.15, 0.2) is 0 Å². The Morgan fingerprint density at radius 3 is 2.67 bits per heavy atom. The number of hydrogen-bond acceptors (Lipinski definition) is 2. The zero-order valence-corrected chi connectivity index (χ0v) is 11.5. The van der Waals surface area contributed by atoms with E-state index in [0.29, 0.717) is 5.75 Å². The minimum absolute atomic E-state index is 0.0580. The highest BCUT2D eigenvalue weighted by Crippen LogP contribution is 2.17. The minimum atomic E-state index is -0.547. The Bertz CT molecular complexity index is 644. The first-order chi connectivity index (χ1) is 10.1. The number of rotatable bonds is 5. The summed E-state index contributed by atoms with van der Waals surface area (Å²) in [5.41, 5.74) is 0.848. The SMILES string of the molecule is COc1ccccc1CC(=O)NCc1cc(F)ccc1F. The van der Waals surface area contributed by atoms with E-state index in [4.69, 9.17) is 4.74 Å². The fraction of sp³-hybridized carbons (Fsp3) is 0.188. The molecule has 0 aromatic heterocycles. The molecule has 0 radical (unpaired) electrons. The van der Waals surface area contributed by atoms with E-state index in [1.165, 1.54) is 7.11 Å². The summed E-state index contributed by atoms with van der Waals surface area (Å²) in [4.78, 5) is 11.9. The summed E-state index contributed by atoms with van der Waals surface area (Å²) in [7, 11) is 1.53. The first-order valence-electron chi connectivity index (χ1n) is 6.42. The molecular formula is C16H15F2NO2. The van der Waals surface area contributed by atoms with Crippen LogP contribution in [-0.2, 0) is 17.8 Å². The third-order valence-corrected chi connectivity index (χ3v) is 3.03. The van der Waals surface area contributed by atoms with Gasteiger partial charge in [0.2, 0.25) is 5.91 Å². The third kappa shape index (κ3) is 4.02. The second kappa shape index (κ2) is 6.83. The number of carbonyl (C=O) groups is 1. The van der Waals surface area contributed by atoms with Crippen LogP contribution in [-0.4, -0.2) is 13.0 Å². The van der Waals surface area contributed by atoms with Gasteiger partial charge in [0.1, 0.15) is 17.4 Å². The molecule has 0 aliphatic heterocycles. The van der Waals surface area contributed by atoms with E-state index in [1.54, 1.807) is 18.2 Å². The highest BCUT2D eigenvalue weighted by molar-refractivity contribution is 5.79. The quantitative estimate of drug-likeness (QED) is 0.920. The number of amides is 1. The van der Waals surface area contributed by atoms with Gasteiger partial charge in [0.05, 0.1) is 13.5 Å². The first-order valence-corrected chi connectivity index (χ1v) is 6.42. The standard InChI is InChI=1S/C16H15F2NO2/c1-21-15-5-3-2-4-11(15)9-16(20)19-10-12-8-13(17)6-7-14(12)18/h2-8H,9-10H2,1H3,(H,19,20). The van der Waals surface area contributed by atoms with Crippen molar-refractivity contribution in [2.24, 2.45) is 0 Å². The van der Waals surface area contributed by atoms with E-state index in [9.17, 15) is 13.6 Å². The lowest BCUT2D eigenvalue weighted by molar-refractivity contribution is -0.120. The molecule has 3 nitrogen and oxygen atoms in total. The molecule has 0 saturated heterocycles. The van der Waals surface area contributed by atoms with E-state index in [1.807, 2.05) is 6.07 Å². The molecule has 0 saturated carbocycles. The van der Waals surface area contributed by atoms with E-state index in [2.05, 4.69) is 5.32 Å². The second-order valence-corrected chi connectivity index (χ2v) is 4.50. The van der Waals surface area contributed by atoms with Crippen molar-refractivity contribution >= 4 is 5.91 Å². The molecule has 0 fully saturated rings. The maximum Gasteiger partial charge on any atom is 0.224 e. The molecule has 0 aliphatic rings. The molecule has 0 heterocycles. The lowest BCUT2D eigenvalue weighted by atomic mass is 10.1. The van der Waals surface area contributed by atoms with Crippen LogP contribution in [0.1, 0.15) is 11.1 Å². The van der Waals surface area contributed by atoms with E-state index < -0.39 is 11.6 Å². The van der Waals surface area contributed by atoms with Crippen LogP contribution in [0.3, 0.4) is 0 Å². The summed E-state index contributed by atoms with van der Waals surface area (Å²) in [5, 5.41) is 2.57. The highest BCUT2D eigenvalue weighted by Gasteiger charge is 2.09. The maximum atomic E-state index is 13.4. The number of carbonyl (C=O) groups excluding carboxylic acids is 1. The second-order valence-electron chi connectivity index (χ2n) is 4.50. The molecule has 0 spiro atoms. The maximum absolute atomic E-state index is 13.4.